The standard InChI is InChI=1S/C20H19F3N4O3S/c1-14-11-16(7-8-17(14)26-31(29,30)20(21,22)23)19(28)25-18(12-27-10-9-24-13-27)15-5-3-2-4-6-15/h2-11,13,18,26H,12H2,1H3,(H,25,28). The van der Waals surface area contributed by atoms with Crippen molar-refractivity contribution in [3.63, 3.8) is 0 Å². The fourth-order valence-electron chi connectivity index (χ4n) is 2.89. The van der Waals surface area contributed by atoms with Gasteiger partial charge in [0.05, 0.1) is 18.1 Å². The zero-order valence-corrected chi connectivity index (χ0v) is 17.1. The molecule has 3 rings (SSSR count). The number of sulfonamides is 1. The molecule has 1 aromatic heterocycles. The molecule has 3 aromatic rings. The normalized spacial score (nSPS) is 12.9. The minimum atomic E-state index is -5.55. The van der Waals surface area contributed by atoms with Crippen LogP contribution >= 0.6 is 0 Å². The van der Waals surface area contributed by atoms with E-state index in [1.165, 1.54) is 23.8 Å². The van der Waals surface area contributed by atoms with E-state index in [-0.39, 0.29) is 16.8 Å². The van der Waals surface area contributed by atoms with E-state index in [1.807, 2.05) is 30.3 Å². The summed E-state index contributed by atoms with van der Waals surface area (Å²) in [4.78, 5) is 16.8. The largest absolute Gasteiger partial charge is 0.516 e. The number of halogens is 3. The Bertz CT molecular complexity index is 1150. The highest BCUT2D eigenvalue weighted by Crippen LogP contribution is 2.27. The van der Waals surface area contributed by atoms with Crippen molar-refractivity contribution >= 4 is 21.6 Å². The highest BCUT2D eigenvalue weighted by Gasteiger charge is 2.46. The van der Waals surface area contributed by atoms with Gasteiger partial charge in [0, 0.05) is 24.5 Å². The van der Waals surface area contributed by atoms with E-state index in [9.17, 15) is 26.4 Å². The number of nitrogens with one attached hydrogen (secondary N) is 2. The van der Waals surface area contributed by atoms with Gasteiger partial charge in [0.25, 0.3) is 5.91 Å². The maximum atomic E-state index is 12.8. The number of alkyl halides is 3. The van der Waals surface area contributed by atoms with Gasteiger partial charge in [-0.1, -0.05) is 30.3 Å². The Hall–Kier alpha value is -3.34. The van der Waals surface area contributed by atoms with Crippen LogP contribution in [0.3, 0.4) is 0 Å². The second-order valence-corrected chi connectivity index (χ2v) is 8.45. The third-order valence-electron chi connectivity index (χ3n) is 4.50. The van der Waals surface area contributed by atoms with Gasteiger partial charge in [-0.25, -0.2) is 4.98 Å². The van der Waals surface area contributed by atoms with Crippen molar-refractivity contribution in [1.82, 2.24) is 14.9 Å². The number of carbonyl (C=O) groups is 1. The molecule has 2 N–H and O–H groups in total. The number of anilines is 1. The molecule has 164 valence electrons. The lowest BCUT2D eigenvalue weighted by Gasteiger charge is -2.20. The molecule has 31 heavy (non-hydrogen) atoms. The van der Waals surface area contributed by atoms with Crippen molar-refractivity contribution in [3.8, 4) is 0 Å². The van der Waals surface area contributed by atoms with E-state index in [1.54, 1.807) is 23.3 Å². The molecule has 7 nitrogen and oxygen atoms in total. The van der Waals surface area contributed by atoms with Crippen LogP contribution < -0.4 is 10.0 Å². The van der Waals surface area contributed by atoms with E-state index in [0.29, 0.717) is 6.54 Å². The SMILES string of the molecule is Cc1cc(C(=O)NC(Cn2ccnc2)c2ccccc2)ccc1NS(=O)(=O)C(F)(F)F. The monoisotopic (exact) mass is 452 g/mol. The number of hydrogen-bond acceptors (Lipinski definition) is 4. The van der Waals surface area contributed by atoms with Gasteiger partial charge in [-0.2, -0.15) is 21.6 Å². The molecule has 0 saturated carbocycles. The van der Waals surface area contributed by atoms with E-state index < -0.39 is 27.5 Å². The smallest absolute Gasteiger partial charge is 0.343 e. The van der Waals surface area contributed by atoms with Gasteiger partial charge < -0.3 is 9.88 Å². The van der Waals surface area contributed by atoms with Gasteiger partial charge in [0.1, 0.15) is 0 Å². The van der Waals surface area contributed by atoms with Crippen LogP contribution in [0.1, 0.15) is 27.5 Å². The van der Waals surface area contributed by atoms with Crippen molar-refractivity contribution < 1.29 is 26.4 Å². The number of carbonyl (C=O) groups excluding carboxylic acids is 1. The van der Waals surface area contributed by atoms with Crippen molar-refractivity contribution in [3.05, 3.63) is 83.9 Å². The molecule has 0 aliphatic carbocycles. The number of benzene rings is 2. The first-order valence-corrected chi connectivity index (χ1v) is 10.6. The Morgan fingerprint density at radius 1 is 1.16 bits per heavy atom. The number of nitrogens with zero attached hydrogens (tertiary/aromatic N) is 2. The average molecular weight is 452 g/mol. The van der Waals surface area contributed by atoms with E-state index in [4.69, 9.17) is 0 Å². The first-order chi connectivity index (χ1) is 14.6. The molecule has 1 atom stereocenters. The topological polar surface area (TPSA) is 93.1 Å². The number of rotatable bonds is 7. The Kier molecular flexibility index (Phi) is 6.34. The highest BCUT2D eigenvalue weighted by molar-refractivity contribution is 7.93. The molecule has 1 amide bonds. The highest BCUT2D eigenvalue weighted by atomic mass is 32.2. The predicted octanol–water partition coefficient (Wildman–Crippen LogP) is 3.62. The third-order valence-corrected chi connectivity index (χ3v) is 5.60. The second-order valence-electron chi connectivity index (χ2n) is 6.78. The Morgan fingerprint density at radius 3 is 2.45 bits per heavy atom. The summed E-state index contributed by atoms with van der Waals surface area (Å²) in [6.45, 7) is 1.82. The van der Waals surface area contributed by atoms with E-state index >= 15 is 0 Å². The third kappa shape index (κ3) is 5.43. The van der Waals surface area contributed by atoms with Crippen molar-refractivity contribution in [2.45, 2.75) is 25.0 Å². The van der Waals surface area contributed by atoms with Crippen molar-refractivity contribution in [2.24, 2.45) is 0 Å². The molecular weight excluding hydrogens is 433 g/mol. The summed E-state index contributed by atoms with van der Waals surface area (Å²) in [5.41, 5.74) is -4.49. The Balaban J connectivity index is 1.80. The van der Waals surface area contributed by atoms with Crippen LogP contribution in [0, 0.1) is 6.92 Å². The fourth-order valence-corrected chi connectivity index (χ4v) is 3.52. The predicted molar refractivity (Wildman–Crippen MR) is 109 cm³/mol. The minimum Gasteiger partial charge on any atom is -0.343 e. The lowest BCUT2D eigenvalue weighted by Crippen LogP contribution is -2.31. The van der Waals surface area contributed by atoms with Crippen LogP contribution in [0.25, 0.3) is 0 Å². The van der Waals surface area contributed by atoms with Gasteiger partial charge in [-0.05, 0) is 36.2 Å². The molecular formula is C20H19F3N4O3S. The fraction of sp³-hybridized carbons (Fsp3) is 0.200. The summed E-state index contributed by atoms with van der Waals surface area (Å²) in [5.74, 6) is -0.456. The molecule has 0 aliphatic rings. The first-order valence-electron chi connectivity index (χ1n) is 9.08. The van der Waals surface area contributed by atoms with Crippen LogP contribution in [0.5, 0.6) is 0 Å². The van der Waals surface area contributed by atoms with Crippen molar-refractivity contribution in [1.29, 1.82) is 0 Å². The van der Waals surface area contributed by atoms with Gasteiger partial charge in [0.15, 0.2) is 0 Å². The second kappa shape index (κ2) is 8.80. The summed E-state index contributed by atoms with van der Waals surface area (Å²) >= 11 is 0. The summed E-state index contributed by atoms with van der Waals surface area (Å²) in [6, 6.07) is 12.6. The summed E-state index contributed by atoms with van der Waals surface area (Å²) in [5, 5.41) is 2.90. The molecule has 0 spiro atoms. The number of aromatic nitrogens is 2. The zero-order valence-electron chi connectivity index (χ0n) is 16.3. The molecule has 1 heterocycles. The minimum absolute atomic E-state index is 0.173. The maximum Gasteiger partial charge on any atom is 0.516 e. The molecule has 0 fully saturated rings. The quantitative estimate of drug-likeness (QED) is 0.573. The van der Waals surface area contributed by atoms with Crippen LogP contribution in [0.4, 0.5) is 18.9 Å². The molecule has 0 saturated heterocycles. The van der Waals surface area contributed by atoms with Gasteiger partial charge in [0.2, 0.25) is 0 Å². The molecule has 0 bridgehead atoms. The number of hydrogen-bond donors (Lipinski definition) is 2. The van der Waals surface area contributed by atoms with Crippen LogP contribution in [-0.2, 0) is 16.6 Å². The number of amides is 1. The summed E-state index contributed by atoms with van der Waals surface area (Å²) in [6.07, 6.45) is 5.00. The van der Waals surface area contributed by atoms with E-state index in [0.717, 1.165) is 11.6 Å². The van der Waals surface area contributed by atoms with Crippen molar-refractivity contribution in [2.75, 3.05) is 4.72 Å². The molecule has 0 aliphatic heterocycles. The molecule has 11 heteroatoms. The lowest BCUT2D eigenvalue weighted by molar-refractivity contribution is -0.0429. The number of imidazole rings is 1. The molecule has 2 aromatic carbocycles. The van der Waals surface area contributed by atoms with Gasteiger partial charge in [-0.3, -0.25) is 9.52 Å². The number of aryl methyl sites for hydroxylation is 1. The lowest BCUT2D eigenvalue weighted by atomic mass is 10.0. The summed E-state index contributed by atoms with van der Waals surface area (Å²) < 4.78 is 63.7. The Morgan fingerprint density at radius 2 is 1.87 bits per heavy atom. The summed E-state index contributed by atoms with van der Waals surface area (Å²) in [7, 11) is -5.55. The van der Waals surface area contributed by atoms with E-state index in [2.05, 4.69) is 10.3 Å². The van der Waals surface area contributed by atoms with Crippen LogP contribution in [-0.4, -0.2) is 29.4 Å². The average Bonchev–Trinajstić information content (AvgIpc) is 3.22. The van der Waals surface area contributed by atoms with Crippen LogP contribution in [0.15, 0.2) is 67.3 Å². The van der Waals surface area contributed by atoms with Gasteiger partial charge >= 0.3 is 15.5 Å². The Labute approximate surface area is 177 Å². The molecule has 1 unspecified atom stereocenters. The van der Waals surface area contributed by atoms with Crippen LogP contribution in [0.2, 0.25) is 0 Å². The zero-order chi connectivity index (χ0) is 22.6. The molecule has 0 radical (unpaired) electrons. The van der Waals surface area contributed by atoms with Gasteiger partial charge in [-0.15, -0.1) is 0 Å². The first kappa shape index (κ1) is 22.3. The maximum absolute atomic E-state index is 12.8.